The standard InChI is InChI=1S/C20H29BN2O4/c1-7-17-14(2)16(12-18(15(17)3)21(25)26)13-22-8-10-23(11-9-22)19(24)27-20(4,5)6/h1,12,25-26H,8-11,13H2,2-6H3. The van der Waals surface area contributed by atoms with Crippen molar-refractivity contribution in [3.8, 4) is 12.3 Å². The van der Waals surface area contributed by atoms with Crippen molar-refractivity contribution in [2.45, 2.75) is 46.8 Å². The highest BCUT2D eigenvalue weighted by Gasteiger charge is 2.27. The van der Waals surface area contributed by atoms with Crippen LogP contribution >= 0.6 is 0 Å². The summed E-state index contributed by atoms with van der Waals surface area (Å²) < 4.78 is 5.43. The van der Waals surface area contributed by atoms with Crippen LogP contribution < -0.4 is 5.46 Å². The third-order valence-corrected chi connectivity index (χ3v) is 4.83. The molecule has 1 amide bonds. The van der Waals surface area contributed by atoms with Gasteiger partial charge in [0.25, 0.3) is 0 Å². The van der Waals surface area contributed by atoms with Gasteiger partial charge in [-0.25, -0.2) is 4.79 Å². The lowest BCUT2D eigenvalue weighted by Crippen LogP contribution is -2.49. The molecule has 146 valence electrons. The van der Waals surface area contributed by atoms with Gasteiger partial charge in [-0.2, -0.15) is 0 Å². The summed E-state index contributed by atoms with van der Waals surface area (Å²) in [5, 5.41) is 19.3. The van der Waals surface area contributed by atoms with E-state index in [1.165, 1.54) is 0 Å². The highest BCUT2D eigenvalue weighted by molar-refractivity contribution is 6.59. The Labute approximate surface area is 162 Å². The van der Waals surface area contributed by atoms with E-state index >= 15 is 0 Å². The zero-order valence-corrected chi connectivity index (χ0v) is 16.9. The van der Waals surface area contributed by atoms with Crippen LogP contribution in [0.5, 0.6) is 0 Å². The van der Waals surface area contributed by atoms with E-state index < -0.39 is 12.7 Å². The van der Waals surface area contributed by atoms with E-state index in [4.69, 9.17) is 11.2 Å². The van der Waals surface area contributed by atoms with E-state index in [9.17, 15) is 14.8 Å². The van der Waals surface area contributed by atoms with Crippen LogP contribution in [0, 0.1) is 26.2 Å². The fraction of sp³-hybridized carbons (Fsp3) is 0.550. The third-order valence-electron chi connectivity index (χ3n) is 4.83. The molecule has 0 saturated carbocycles. The molecule has 7 heteroatoms. The van der Waals surface area contributed by atoms with E-state index in [0.717, 1.165) is 29.8 Å². The Kier molecular flexibility index (Phi) is 6.58. The van der Waals surface area contributed by atoms with Gasteiger partial charge in [-0.3, -0.25) is 4.90 Å². The van der Waals surface area contributed by atoms with E-state index in [2.05, 4.69) is 10.8 Å². The zero-order chi connectivity index (χ0) is 20.4. The molecule has 0 aliphatic carbocycles. The summed E-state index contributed by atoms with van der Waals surface area (Å²) in [6, 6.07) is 1.82. The van der Waals surface area contributed by atoms with E-state index in [-0.39, 0.29) is 6.09 Å². The summed E-state index contributed by atoms with van der Waals surface area (Å²) >= 11 is 0. The Balaban J connectivity index is 2.08. The molecule has 27 heavy (non-hydrogen) atoms. The second-order valence-corrected chi connectivity index (χ2v) is 8.01. The molecular weight excluding hydrogens is 343 g/mol. The smallest absolute Gasteiger partial charge is 0.444 e. The number of amides is 1. The Morgan fingerprint density at radius 3 is 2.30 bits per heavy atom. The maximum atomic E-state index is 12.2. The lowest BCUT2D eigenvalue weighted by Gasteiger charge is -2.36. The minimum Gasteiger partial charge on any atom is -0.444 e. The van der Waals surface area contributed by atoms with Gasteiger partial charge in [-0.05, 0) is 56.8 Å². The number of hydrogen-bond acceptors (Lipinski definition) is 5. The molecule has 1 aliphatic heterocycles. The Morgan fingerprint density at radius 2 is 1.81 bits per heavy atom. The molecule has 1 aliphatic rings. The van der Waals surface area contributed by atoms with Crippen molar-refractivity contribution in [3.05, 3.63) is 28.3 Å². The monoisotopic (exact) mass is 372 g/mol. The highest BCUT2D eigenvalue weighted by Crippen LogP contribution is 2.19. The van der Waals surface area contributed by atoms with Crippen molar-refractivity contribution >= 4 is 18.7 Å². The Morgan fingerprint density at radius 1 is 1.22 bits per heavy atom. The first-order valence-corrected chi connectivity index (χ1v) is 9.19. The first-order chi connectivity index (χ1) is 12.5. The largest absolute Gasteiger partial charge is 0.488 e. The van der Waals surface area contributed by atoms with Gasteiger partial charge in [0.15, 0.2) is 0 Å². The first kappa shape index (κ1) is 21.3. The molecule has 0 bridgehead atoms. The molecule has 1 aromatic rings. The van der Waals surface area contributed by atoms with Gasteiger partial charge in [-0.1, -0.05) is 12.0 Å². The van der Waals surface area contributed by atoms with Crippen LogP contribution in [0.1, 0.15) is 43.0 Å². The molecule has 0 aromatic heterocycles. The highest BCUT2D eigenvalue weighted by atomic mass is 16.6. The molecule has 0 unspecified atom stereocenters. The number of benzene rings is 1. The first-order valence-electron chi connectivity index (χ1n) is 9.19. The van der Waals surface area contributed by atoms with Gasteiger partial charge in [0.2, 0.25) is 0 Å². The topological polar surface area (TPSA) is 73.2 Å². The van der Waals surface area contributed by atoms with E-state index in [1.807, 2.05) is 33.8 Å². The molecule has 2 rings (SSSR count). The summed E-state index contributed by atoms with van der Waals surface area (Å²) in [6.07, 6.45) is 5.36. The van der Waals surface area contributed by atoms with Crippen molar-refractivity contribution in [2.75, 3.05) is 26.2 Å². The number of carbonyl (C=O) groups excluding carboxylic acids is 1. The molecule has 0 atom stereocenters. The van der Waals surface area contributed by atoms with Gasteiger partial charge in [-0.15, -0.1) is 6.42 Å². The van der Waals surface area contributed by atoms with E-state index in [0.29, 0.717) is 30.7 Å². The third kappa shape index (κ3) is 5.26. The summed E-state index contributed by atoms with van der Waals surface area (Å²) in [5.74, 6) is 2.67. The Hall–Kier alpha value is -2.01. The van der Waals surface area contributed by atoms with Crippen LogP contribution in [0.4, 0.5) is 4.79 Å². The maximum Gasteiger partial charge on any atom is 0.488 e. The Bertz CT molecular complexity index is 742. The van der Waals surface area contributed by atoms with Crippen LogP contribution in [0.2, 0.25) is 0 Å². The predicted octanol–water partition coefficient (Wildman–Crippen LogP) is 1.02. The van der Waals surface area contributed by atoms with Crippen LogP contribution in [-0.2, 0) is 11.3 Å². The molecule has 1 fully saturated rings. The summed E-state index contributed by atoms with van der Waals surface area (Å²) in [7, 11) is -1.56. The van der Waals surface area contributed by atoms with Gasteiger partial charge in [0.1, 0.15) is 5.60 Å². The molecule has 2 N–H and O–H groups in total. The molecule has 1 heterocycles. The zero-order valence-electron chi connectivity index (χ0n) is 16.9. The lowest BCUT2D eigenvalue weighted by atomic mass is 9.74. The minimum absolute atomic E-state index is 0.283. The second-order valence-electron chi connectivity index (χ2n) is 8.01. The van der Waals surface area contributed by atoms with Gasteiger partial charge in [0, 0.05) is 38.3 Å². The maximum absolute atomic E-state index is 12.2. The summed E-state index contributed by atoms with van der Waals surface area (Å²) in [6.45, 7) is 12.6. The van der Waals surface area contributed by atoms with Crippen LogP contribution in [0.15, 0.2) is 6.07 Å². The van der Waals surface area contributed by atoms with Crippen molar-refractivity contribution in [1.82, 2.24) is 9.80 Å². The lowest BCUT2D eigenvalue weighted by molar-refractivity contribution is 0.0139. The number of piperazine rings is 1. The average Bonchev–Trinajstić information content (AvgIpc) is 2.56. The van der Waals surface area contributed by atoms with Crippen molar-refractivity contribution < 1.29 is 19.6 Å². The predicted molar refractivity (Wildman–Crippen MR) is 107 cm³/mol. The average molecular weight is 372 g/mol. The number of nitrogens with zero attached hydrogens (tertiary/aromatic N) is 2. The summed E-state index contributed by atoms with van der Waals surface area (Å²) in [4.78, 5) is 16.1. The van der Waals surface area contributed by atoms with Crippen LogP contribution in [0.25, 0.3) is 0 Å². The number of carbonyl (C=O) groups is 1. The van der Waals surface area contributed by atoms with E-state index in [1.54, 1.807) is 11.8 Å². The summed E-state index contributed by atoms with van der Waals surface area (Å²) in [5.41, 5.74) is 3.33. The molecule has 0 radical (unpaired) electrons. The van der Waals surface area contributed by atoms with Crippen LogP contribution in [0.3, 0.4) is 0 Å². The van der Waals surface area contributed by atoms with Gasteiger partial charge in [0.05, 0.1) is 0 Å². The van der Waals surface area contributed by atoms with Gasteiger partial charge < -0.3 is 19.7 Å². The fourth-order valence-electron chi connectivity index (χ4n) is 3.30. The molecule has 1 saturated heterocycles. The molecular formula is C20H29BN2O4. The molecule has 0 spiro atoms. The van der Waals surface area contributed by atoms with Gasteiger partial charge >= 0.3 is 13.2 Å². The normalized spacial score (nSPS) is 15.4. The molecule has 6 nitrogen and oxygen atoms in total. The number of hydrogen-bond donors (Lipinski definition) is 2. The van der Waals surface area contributed by atoms with Crippen LogP contribution in [-0.4, -0.2) is 64.8 Å². The minimum atomic E-state index is -1.56. The quantitative estimate of drug-likeness (QED) is 0.612. The van der Waals surface area contributed by atoms with Crippen molar-refractivity contribution in [1.29, 1.82) is 0 Å². The SMILES string of the molecule is C#Cc1c(C)c(CN2CCN(C(=O)OC(C)(C)C)CC2)cc(B(O)O)c1C. The van der Waals surface area contributed by atoms with Crippen molar-refractivity contribution in [2.24, 2.45) is 0 Å². The number of terminal acetylenes is 1. The number of rotatable bonds is 3. The fourth-order valence-corrected chi connectivity index (χ4v) is 3.30. The number of ether oxygens (including phenoxy) is 1. The van der Waals surface area contributed by atoms with Crippen molar-refractivity contribution in [3.63, 3.8) is 0 Å². The second kappa shape index (κ2) is 8.34. The molecule has 1 aromatic carbocycles.